The second kappa shape index (κ2) is 8.10. The van der Waals surface area contributed by atoms with Crippen molar-refractivity contribution in [3.8, 4) is 0 Å². The molecule has 2 aliphatic carbocycles. The van der Waals surface area contributed by atoms with Gasteiger partial charge in [-0.05, 0) is 46.4 Å². The molecule has 2 fully saturated rings. The van der Waals surface area contributed by atoms with E-state index >= 15 is 0 Å². The molecule has 1 aromatic carbocycles. The monoisotopic (exact) mass is 501 g/mol. The van der Waals surface area contributed by atoms with Crippen molar-refractivity contribution in [1.29, 1.82) is 0 Å². The van der Waals surface area contributed by atoms with Crippen molar-refractivity contribution >= 4 is 16.6 Å². The molecule has 0 amide bonds. The number of aromatic nitrogens is 1. The SMILES string of the molecule is C1=CCC2=C3CN([NH+]4CCc5c([nH]c6ccccc56)C4)C(N4CC5=C6C=CC=CC6NC5C4)CC3=NC2=C1. The predicted octanol–water partition coefficient (Wildman–Crippen LogP) is 2.73. The minimum atomic E-state index is 0.356. The van der Waals surface area contributed by atoms with Crippen molar-refractivity contribution in [2.24, 2.45) is 4.99 Å². The van der Waals surface area contributed by atoms with Gasteiger partial charge in [0.05, 0.1) is 30.5 Å². The number of para-hydroxylation sites is 1. The number of likely N-dealkylation sites (tertiary alicyclic amines) is 1. The van der Waals surface area contributed by atoms with Gasteiger partial charge in [-0.25, -0.2) is 5.01 Å². The van der Waals surface area contributed by atoms with Crippen LogP contribution in [-0.2, 0) is 13.0 Å². The number of hydrogen-bond acceptors (Lipinski definition) is 4. The lowest BCUT2D eigenvalue weighted by Crippen LogP contribution is -3.19. The van der Waals surface area contributed by atoms with Gasteiger partial charge in [-0.3, -0.25) is 15.2 Å². The maximum absolute atomic E-state index is 5.17. The molecule has 2 saturated heterocycles. The van der Waals surface area contributed by atoms with Gasteiger partial charge in [0.1, 0.15) is 12.7 Å². The van der Waals surface area contributed by atoms with Gasteiger partial charge >= 0.3 is 0 Å². The van der Waals surface area contributed by atoms with Gasteiger partial charge in [-0.1, -0.05) is 54.7 Å². The highest BCUT2D eigenvalue weighted by atomic mass is 15.7. The van der Waals surface area contributed by atoms with Gasteiger partial charge in [0, 0.05) is 48.6 Å². The fourth-order valence-electron chi connectivity index (χ4n) is 8.00. The van der Waals surface area contributed by atoms with Crippen molar-refractivity contribution in [3.63, 3.8) is 0 Å². The lowest BCUT2D eigenvalue weighted by molar-refractivity contribution is -1.04. The van der Waals surface area contributed by atoms with E-state index in [1.165, 1.54) is 50.3 Å². The Bertz CT molecular complexity index is 1590. The molecule has 38 heavy (non-hydrogen) atoms. The number of aliphatic imine (C=N–C) groups is 1. The van der Waals surface area contributed by atoms with Crippen molar-refractivity contribution in [2.75, 3.05) is 26.2 Å². The number of allylic oxidation sites excluding steroid dienone is 6. The summed E-state index contributed by atoms with van der Waals surface area (Å²) >= 11 is 0. The summed E-state index contributed by atoms with van der Waals surface area (Å²) in [6.07, 6.45) is 19.2. The topological polar surface area (TPSA) is 51.1 Å². The summed E-state index contributed by atoms with van der Waals surface area (Å²) in [4.78, 5) is 11.7. The number of fused-ring (bicyclic) bond motifs is 7. The molecular formula is C32H33N6+. The number of piperidine rings is 1. The van der Waals surface area contributed by atoms with Gasteiger partial charge in [-0.2, -0.15) is 0 Å². The number of hydrogen-bond donors (Lipinski definition) is 3. The van der Waals surface area contributed by atoms with Crippen LogP contribution in [0.2, 0.25) is 0 Å². The normalized spacial score (nSPS) is 31.9. The first kappa shape index (κ1) is 21.6. The molecular weight excluding hydrogens is 468 g/mol. The van der Waals surface area contributed by atoms with Gasteiger partial charge < -0.3 is 4.98 Å². The minimum absolute atomic E-state index is 0.356. The van der Waals surface area contributed by atoms with Crippen LogP contribution in [0.15, 0.2) is 99.8 Å². The highest BCUT2D eigenvalue weighted by molar-refractivity contribution is 6.06. The van der Waals surface area contributed by atoms with E-state index in [1.54, 1.807) is 10.6 Å². The molecule has 3 N–H and O–H groups in total. The average molecular weight is 502 g/mol. The molecule has 2 aromatic rings. The third kappa shape index (κ3) is 3.12. The van der Waals surface area contributed by atoms with E-state index in [0.717, 1.165) is 52.0 Å². The van der Waals surface area contributed by atoms with Crippen molar-refractivity contribution < 1.29 is 5.01 Å². The van der Waals surface area contributed by atoms with Crippen LogP contribution in [0.3, 0.4) is 0 Å². The minimum Gasteiger partial charge on any atom is -0.353 e. The second-order valence-corrected chi connectivity index (χ2v) is 11.7. The summed E-state index contributed by atoms with van der Waals surface area (Å²) in [7, 11) is 0. The Morgan fingerprint density at radius 1 is 1.05 bits per heavy atom. The van der Waals surface area contributed by atoms with E-state index in [0.29, 0.717) is 18.2 Å². The number of rotatable bonds is 2. The fraction of sp³-hybridized carbons (Fsp3) is 0.344. The van der Waals surface area contributed by atoms with Crippen molar-refractivity contribution in [3.05, 3.63) is 106 Å². The lowest BCUT2D eigenvalue weighted by Gasteiger charge is -2.45. The molecule has 6 nitrogen and oxygen atoms in total. The predicted molar refractivity (Wildman–Crippen MR) is 151 cm³/mol. The number of H-pyrrole nitrogens is 1. The summed E-state index contributed by atoms with van der Waals surface area (Å²) in [5.41, 5.74) is 12.8. The molecule has 0 spiro atoms. The summed E-state index contributed by atoms with van der Waals surface area (Å²) in [5, 5.41) is 9.68. The van der Waals surface area contributed by atoms with Crippen LogP contribution in [-0.4, -0.2) is 65.0 Å². The molecule has 0 saturated carbocycles. The van der Waals surface area contributed by atoms with Crippen LogP contribution in [0.1, 0.15) is 24.1 Å². The van der Waals surface area contributed by atoms with E-state index in [1.807, 2.05) is 0 Å². The van der Waals surface area contributed by atoms with Crippen molar-refractivity contribution in [2.45, 2.75) is 44.1 Å². The number of nitrogens with one attached hydrogen (secondary N) is 3. The van der Waals surface area contributed by atoms with Gasteiger partial charge in [0.15, 0.2) is 0 Å². The number of quaternary nitrogens is 1. The Morgan fingerprint density at radius 2 is 2.03 bits per heavy atom. The first-order chi connectivity index (χ1) is 18.8. The highest BCUT2D eigenvalue weighted by Crippen LogP contribution is 2.38. The Hall–Kier alpha value is -3.29. The summed E-state index contributed by atoms with van der Waals surface area (Å²) in [5.74, 6) is 0. The maximum Gasteiger partial charge on any atom is 0.136 e. The molecule has 6 heteroatoms. The molecule has 4 atom stereocenters. The van der Waals surface area contributed by atoms with Crippen molar-refractivity contribution in [1.82, 2.24) is 20.2 Å². The molecule has 6 heterocycles. The summed E-state index contributed by atoms with van der Waals surface area (Å²) in [6, 6.07) is 9.68. The largest absolute Gasteiger partial charge is 0.353 e. The van der Waals surface area contributed by atoms with E-state index in [4.69, 9.17) is 4.99 Å². The van der Waals surface area contributed by atoms with Gasteiger partial charge in [0.25, 0.3) is 0 Å². The van der Waals surface area contributed by atoms with Crippen LogP contribution in [0.4, 0.5) is 0 Å². The molecule has 7 aliphatic rings. The zero-order chi connectivity index (χ0) is 24.8. The second-order valence-electron chi connectivity index (χ2n) is 11.7. The molecule has 0 radical (unpaired) electrons. The smallest absolute Gasteiger partial charge is 0.136 e. The fourth-order valence-corrected chi connectivity index (χ4v) is 8.00. The third-order valence-electron chi connectivity index (χ3n) is 9.82. The molecule has 5 aliphatic heterocycles. The van der Waals surface area contributed by atoms with Crippen LogP contribution in [0.25, 0.3) is 10.9 Å². The standard InChI is InChI=1S/C32H32N6/c1-4-10-26-20(7-1)23-13-14-37(19-31(23)35-26)38-17-25-22-9-3-5-11-27(22)33-29(25)15-32(38)36-16-24-21-8-2-6-12-28(21)34-30(24)18-36/h1-8,10-12,28,30,32,34-35H,9,13-19H2/p+1. The average Bonchev–Trinajstić information content (AvgIpc) is 3.70. The Labute approximate surface area is 223 Å². The van der Waals surface area contributed by atoms with Gasteiger partial charge in [0.2, 0.25) is 0 Å². The number of aromatic amines is 1. The Kier molecular flexibility index (Phi) is 4.61. The molecule has 0 bridgehead atoms. The van der Waals surface area contributed by atoms with E-state index in [-0.39, 0.29) is 0 Å². The molecule has 9 rings (SSSR count). The van der Waals surface area contributed by atoms with E-state index in [2.05, 4.69) is 87.0 Å². The molecule has 1 aromatic heterocycles. The third-order valence-corrected chi connectivity index (χ3v) is 9.82. The van der Waals surface area contributed by atoms with E-state index in [9.17, 15) is 0 Å². The maximum atomic E-state index is 5.17. The Balaban J connectivity index is 1.08. The summed E-state index contributed by atoms with van der Waals surface area (Å²) < 4.78 is 0. The van der Waals surface area contributed by atoms with Crippen LogP contribution < -0.4 is 10.3 Å². The molecule has 4 unspecified atom stereocenters. The van der Waals surface area contributed by atoms with Crippen LogP contribution in [0, 0.1) is 0 Å². The lowest BCUT2D eigenvalue weighted by atomic mass is 9.93. The zero-order valence-corrected chi connectivity index (χ0v) is 21.6. The number of benzene rings is 1. The molecule has 190 valence electrons. The number of nitrogens with zero attached hydrogens (tertiary/aromatic N) is 3. The first-order valence-electron chi connectivity index (χ1n) is 14.2. The quantitative estimate of drug-likeness (QED) is 0.593. The first-order valence-corrected chi connectivity index (χ1v) is 14.2. The summed E-state index contributed by atoms with van der Waals surface area (Å²) in [6.45, 7) is 5.28. The zero-order valence-electron chi connectivity index (χ0n) is 21.6. The van der Waals surface area contributed by atoms with Gasteiger partial charge in [-0.15, -0.1) is 5.01 Å². The van der Waals surface area contributed by atoms with Crippen LogP contribution in [0.5, 0.6) is 0 Å². The highest BCUT2D eigenvalue weighted by Gasteiger charge is 2.47. The van der Waals surface area contributed by atoms with E-state index < -0.39 is 0 Å². The van der Waals surface area contributed by atoms with Crippen LogP contribution >= 0.6 is 0 Å². The Morgan fingerprint density at radius 3 is 3.03 bits per heavy atom.